The highest BCUT2D eigenvalue weighted by Gasteiger charge is 2.28. The minimum Gasteiger partial charge on any atom is -0.481 e. The summed E-state index contributed by atoms with van der Waals surface area (Å²) < 4.78 is 0. The SMILES string of the molecule is O=C(O)CC1CCCN1C(=O)C=Cc1cc(Cl)cc(Cl)c1. The summed E-state index contributed by atoms with van der Waals surface area (Å²) in [7, 11) is 0. The number of benzene rings is 1. The van der Waals surface area contributed by atoms with Crippen molar-refractivity contribution in [2.75, 3.05) is 6.54 Å². The van der Waals surface area contributed by atoms with Gasteiger partial charge >= 0.3 is 5.97 Å². The molecule has 0 bridgehead atoms. The number of hydrogen-bond acceptors (Lipinski definition) is 2. The normalized spacial score (nSPS) is 18.4. The largest absolute Gasteiger partial charge is 0.481 e. The molecule has 0 spiro atoms. The first-order valence-electron chi connectivity index (χ1n) is 6.62. The van der Waals surface area contributed by atoms with Crippen molar-refractivity contribution >= 4 is 41.2 Å². The van der Waals surface area contributed by atoms with E-state index >= 15 is 0 Å². The first-order chi connectivity index (χ1) is 9.95. The molecular formula is C15H15Cl2NO3. The minimum atomic E-state index is -0.884. The van der Waals surface area contributed by atoms with Gasteiger partial charge in [-0.3, -0.25) is 9.59 Å². The number of carbonyl (C=O) groups excluding carboxylic acids is 1. The van der Waals surface area contributed by atoms with Crippen molar-refractivity contribution in [3.63, 3.8) is 0 Å². The quantitative estimate of drug-likeness (QED) is 0.861. The standard InChI is InChI=1S/C15H15Cl2NO3/c16-11-6-10(7-12(17)8-11)3-4-14(19)18-5-1-2-13(18)9-15(20)21/h3-4,6-8,13H,1-2,5,9H2,(H,20,21). The Kier molecular flexibility index (Phi) is 5.26. The number of carbonyl (C=O) groups is 2. The second-order valence-electron chi connectivity index (χ2n) is 4.96. The lowest BCUT2D eigenvalue weighted by Crippen LogP contribution is -2.35. The van der Waals surface area contributed by atoms with Gasteiger partial charge in [0.2, 0.25) is 5.91 Å². The van der Waals surface area contributed by atoms with Gasteiger partial charge in [0.25, 0.3) is 0 Å². The number of nitrogens with zero attached hydrogens (tertiary/aromatic N) is 1. The Morgan fingerprint density at radius 2 is 1.95 bits per heavy atom. The van der Waals surface area contributed by atoms with Crippen molar-refractivity contribution in [3.05, 3.63) is 39.9 Å². The zero-order valence-corrected chi connectivity index (χ0v) is 12.8. The van der Waals surface area contributed by atoms with Crippen LogP contribution in [0.4, 0.5) is 0 Å². The van der Waals surface area contributed by atoms with Crippen molar-refractivity contribution in [3.8, 4) is 0 Å². The first kappa shape index (κ1) is 15.9. The van der Waals surface area contributed by atoms with Crippen molar-refractivity contribution in [1.82, 2.24) is 4.90 Å². The van der Waals surface area contributed by atoms with Crippen molar-refractivity contribution in [1.29, 1.82) is 0 Å². The summed E-state index contributed by atoms with van der Waals surface area (Å²) in [6, 6.07) is 4.81. The van der Waals surface area contributed by atoms with Gasteiger partial charge in [-0.05, 0) is 42.7 Å². The van der Waals surface area contributed by atoms with Crippen LogP contribution in [0.25, 0.3) is 6.08 Å². The monoisotopic (exact) mass is 327 g/mol. The van der Waals surface area contributed by atoms with Crippen molar-refractivity contribution in [2.24, 2.45) is 0 Å². The fraction of sp³-hybridized carbons (Fsp3) is 0.333. The molecule has 0 radical (unpaired) electrons. The summed E-state index contributed by atoms with van der Waals surface area (Å²) in [5, 5.41) is 9.86. The predicted molar refractivity (Wildman–Crippen MR) is 82.5 cm³/mol. The molecule has 0 aromatic heterocycles. The molecule has 1 fully saturated rings. The molecule has 0 aliphatic carbocycles. The van der Waals surface area contributed by atoms with Gasteiger partial charge in [-0.25, -0.2) is 0 Å². The third-order valence-electron chi connectivity index (χ3n) is 3.37. The second-order valence-corrected chi connectivity index (χ2v) is 5.83. The van der Waals surface area contributed by atoms with Crippen molar-refractivity contribution < 1.29 is 14.7 Å². The van der Waals surface area contributed by atoms with E-state index in [1.807, 2.05) is 0 Å². The Bertz CT molecular complexity index is 566. The summed E-state index contributed by atoms with van der Waals surface area (Å²) in [5.41, 5.74) is 0.731. The number of aliphatic carboxylic acids is 1. The van der Waals surface area contributed by atoms with Crippen LogP contribution in [0.2, 0.25) is 10.0 Å². The van der Waals surface area contributed by atoms with Crippen LogP contribution in [0.1, 0.15) is 24.8 Å². The number of amides is 1. The van der Waals surface area contributed by atoms with E-state index in [-0.39, 0.29) is 18.4 Å². The molecule has 6 heteroatoms. The van der Waals surface area contributed by atoms with Gasteiger partial charge < -0.3 is 10.0 Å². The van der Waals surface area contributed by atoms with E-state index in [2.05, 4.69) is 0 Å². The van der Waals surface area contributed by atoms with Crippen LogP contribution >= 0.6 is 23.2 Å². The molecule has 4 nitrogen and oxygen atoms in total. The maximum absolute atomic E-state index is 12.2. The lowest BCUT2D eigenvalue weighted by Gasteiger charge is -2.21. The Morgan fingerprint density at radius 3 is 2.57 bits per heavy atom. The third kappa shape index (κ3) is 4.48. The van der Waals surface area contributed by atoms with E-state index in [4.69, 9.17) is 28.3 Å². The molecule has 1 amide bonds. The molecule has 1 atom stereocenters. The average Bonchev–Trinajstić information content (AvgIpc) is 2.82. The molecule has 21 heavy (non-hydrogen) atoms. The highest BCUT2D eigenvalue weighted by atomic mass is 35.5. The van der Waals surface area contributed by atoms with Gasteiger partial charge in [0.1, 0.15) is 0 Å². The number of rotatable bonds is 4. The summed E-state index contributed by atoms with van der Waals surface area (Å²) in [6.45, 7) is 0.595. The Morgan fingerprint density at radius 1 is 1.29 bits per heavy atom. The molecule has 1 aliphatic rings. The maximum Gasteiger partial charge on any atom is 0.305 e. The van der Waals surface area contributed by atoms with E-state index in [9.17, 15) is 9.59 Å². The van der Waals surface area contributed by atoms with Crippen LogP contribution in [0, 0.1) is 0 Å². The van der Waals surface area contributed by atoms with Crippen LogP contribution < -0.4 is 0 Å². The highest BCUT2D eigenvalue weighted by Crippen LogP contribution is 2.22. The molecule has 1 saturated heterocycles. The van der Waals surface area contributed by atoms with Crippen molar-refractivity contribution in [2.45, 2.75) is 25.3 Å². The number of carboxylic acid groups (broad SMARTS) is 1. The molecule has 0 saturated carbocycles. The summed E-state index contributed by atoms with van der Waals surface area (Å²) in [6.07, 6.45) is 4.62. The predicted octanol–water partition coefficient (Wildman–Crippen LogP) is 3.47. The molecular weight excluding hydrogens is 313 g/mol. The Hall–Kier alpha value is -1.52. The van der Waals surface area contributed by atoms with E-state index in [1.165, 1.54) is 6.08 Å². The van der Waals surface area contributed by atoms with Crippen LogP contribution in [0.15, 0.2) is 24.3 Å². The molecule has 112 valence electrons. The van der Waals surface area contributed by atoms with E-state index in [1.54, 1.807) is 29.2 Å². The van der Waals surface area contributed by atoms with E-state index < -0.39 is 5.97 Å². The zero-order chi connectivity index (χ0) is 15.4. The van der Waals surface area contributed by atoms with Gasteiger partial charge in [0.15, 0.2) is 0 Å². The molecule has 1 N–H and O–H groups in total. The van der Waals surface area contributed by atoms with E-state index in [0.717, 1.165) is 18.4 Å². The van der Waals surface area contributed by atoms with E-state index in [0.29, 0.717) is 16.6 Å². The molecule has 1 aromatic carbocycles. The molecule has 1 aliphatic heterocycles. The first-order valence-corrected chi connectivity index (χ1v) is 7.38. The lowest BCUT2D eigenvalue weighted by atomic mass is 10.1. The highest BCUT2D eigenvalue weighted by molar-refractivity contribution is 6.34. The second kappa shape index (κ2) is 6.96. The fourth-order valence-electron chi connectivity index (χ4n) is 2.47. The van der Waals surface area contributed by atoms with Gasteiger partial charge in [0, 0.05) is 28.7 Å². The van der Waals surface area contributed by atoms with Gasteiger partial charge in [-0.15, -0.1) is 0 Å². The van der Waals surface area contributed by atoms with Crippen LogP contribution in [-0.2, 0) is 9.59 Å². The zero-order valence-electron chi connectivity index (χ0n) is 11.3. The number of halogens is 2. The maximum atomic E-state index is 12.2. The fourth-order valence-corrected chi connectivity index (χ4v) is 3.02. The Balaban J connectivity index is 2.06. The van der Waals surface area contributed by atoms with Crippen LogP contribution in [0.5, 0.6) is 0 Å². The molecule has 2 rings (SSSR count). The van der Waals surface area contributed by atoms with Crippen LogP contribution in [-0.4, -0.2) is 34.5 Å². The molecule has 1 aromatic rings. The third-order valence-corrected chi connectivity index (χ3v) is 3.81. The molecule has 1 heterocycles. The number of carboxylic acids is 1. The average molecular weight is 328 g/mol. The number of likely N-dealkylation sites (tertiary alicyclic amines) is 1. The summed E-state index contributed by atoms with van der Waals surface area (Å²) >= 11 is 11.8. The van der Waals surface area contributed by atoms with Crippen LogP contribution in [0.3, 0.4) is 0 Å². The van der Waals surface area contributed by atoms with Gasteiger partial charge in [-0.1, -0.05) is 23.2 Å². The summed E-state index contributed by atoms with van der Waals surface area (Å²) in [4.78, 5) is 24.6. The summed E-state index contributed by atoms with van der Waals surface area (Å²) in [5.74, 6) is -1.07. The molecule has 1 unspecified atom stereocenters. The van der Waals surface area contributed by atoms with Gasteiger partial charge in [0.05, 0.1) is 6.42 Å². The smallest absolute Gasteiger partial charge is 0.305 e. The lowest BCUT2D eigenvalue weighted by molar-refractivity contribution is -0.139. The number of hydrogen-bond donors (Lipinski definition) is 1. The topological polar surface area (TPSA) is 57.6 Å². The Labute approximate surface area is 133 Å². The van der Waals surface area contributed by atoms with Gasteiger partial charge in [-0.2, -0.15) is 0 Å². The minimum absolute atomic E-state index is 0.0113.